The topological polar surface area (TPSA) is 36.2 Å². The summed E-state index contributed by atoms with van der Waals surface area (Å²) in [5.41, 5.74) is 3.68. The van der Waals surface area contributed by atoms with Gasteiger partial charge in [-0.05, 0) is 48.4 Å². The predicted octanol–water partition coefficient (Wildman–Crippen LogP) is 3.47. The molecule has 0 fully saturated rings. The van der Waals surface area contributed by atoms with Gasteiger partial charge in [-0.1, -0.05) is 19.1 Å². The van der Waals surface area contributed by atoms with E-state index in [4.69, 9.17) is 5.41 Å². The van der Waals surface area contributed by atoms with Gasteiger partial charge in [-0.2, -0.15) is 0 Å². The molecule has 80 valence electrons. The van der Waals surface area contributed by atoms with Crippen molar-refractivity contribution in [3.8, 4) is 0 Å². The van der Waals surface area contributed by atoms with E-state index in [1.807, 2.05) is 24.3 Å². The second kappa shape index (κ2) is 4.71. The van der Waals surface area contributed by atoms with Crippen molar-refractivity contribution in [1.82, 2.24) is 0 Å². The van der Waals surface area contributed by atoms with E-state index in [1.54, 1.807) is 12.2 Å². The maximum absolute atomic E-state index is 7.38. The van der Waals surface area contributed by atoms with Gasteiger partial charge >= 0.3 is 0 Å². The van der Waals surface area contributed by atoms with Crippen molar-refractivity contribution in [2.24, 2.45) is 4.99 Å². The molecular weight excluding hydrogens is 196 g/mol. The van der Waals surface area contributed by atoms with Crippen LogP contribution in [-0.4, -0.2) is 11.4 Å². The first-order valence-electron chi connectivity index (χ1n) is 5.40. The molecule has 2 heteroatoms. The summed E-state index contributed by atoms with van der Waals surface area (Å²) in [5.74, 6) is 0. The van der Waals surface area contributed by atoms with Gasteiger partial charge in [-0.15, -0.1) is 0 Å². The molecule has 0 spiro atoms. The maximum atomic E-state index is 7.38. The van der Waals surface area contributed by atoms with Crippen molar-refractivity contribution in [1.29, 1.82) is 5.41 Å². The van der Waals surface area contributed by atoms with Crippen molar-refractivity contribution in [2.45, 2.75) is 13.3 Å². The summed E-state index contributed by atoms with van der Waals surface area (Å²) < 4.78 is 0. The normalized spacial score (nSPS) is 14.3. The lowest BCUT2D eigenvalue weighted by molar-refractivity contribution is 1.14. The molecule has 0 heterocycles. The summed E-state index contributed by atoms with van der Waals surface area (Å²) in [6, 6.07) is 8.23. The highest BCUT2D eigenvalue weighted by atomic mass is 14.7. The Hall–Kier alpha value is -1.96. The van der Waals surface area contributed by atoms with Crippen molar-refractivity contribution in [3.05, 3.63) is 54.1 Å². The Morgan fingerprint density at radius 2 is 1.62 bits per heavy atom. The minimum Gasteiger partial charge on any atom is -0.301 e. The highest BCUT2D eigenvalue weighted by Crippen LogP contribution is 2.14. The minimum atomic E-state index is 0.514. The number of hydrogen-bond acceptors (Lipinski definition) is 2. The van der Waals surface area contributed by atoms with E-state index < -0.39 is 0 Å². The number of aryl methyl sites for hydroxylation is 1. The van der Waals surface area contributed by atoms with Gasteiger partial charge in [-0.25, -0.2) is 4.99 Å². The van der Waals surface area contributed by atoms with Gasteiger partial charge in [-0.3, -0.25) is 0 Å². The Morgan fingerprint density at radius 1 is 1.00 bits per heavy atom. The van der Waals surface area contributed by atoms with Crippen molar-refractivity contribution in [3.63, 3.8) is 0 Å². The van der Waals surface area contributed by atoms with Crippen LogP contribution in [0, 0.1) is 5.41 Å². The average molecular weight is 210 g/mol. The Morgan fingerprint density at radius 3 is 2.19 bits per heavy atom. The third kappa shape index (κ3) is 2.54. The van der Waals surface area contributed by atoms with Gasteiger partial charge in [0.25, 0.3) is 0 Å². The van der Waals surface area contributed by atoms with E-state index in [1.165, 1.54) is 5.56 Å². The molecule has 1 aromatic carbocycles. The number of nitrogens with zero attached hydrogens (tertiary/aromatic N) is 1. The van der Waals surface area contributed by atoms with Crippen LogP contribution in [-0.2, 0) is 6.42 Å². The number of hydrogen-bond donors (Lipinski definition) is 1. The molecule has 0 aromatic heterocycles. The van der Waals surface area contributed by atoms with Gasteiger partial charge < -0.3 is 5.41 Å². The maximum Gasteiger partial charge on any atom is 0.0638 e. The number of benzene rings is 1. The molecule has 0 saturated carbocycles. The molecule has 16 heavy (non-hydrogen) atoms. The zero-order valence-corrected chi connectivity index (χ0v) is 9.27. The molecule has 2 nitrogen and oxygen atoms in total. The third-order valence-corrected chi connectivity index (χ3v) is 2.47. The summed E-state index contributed by atoms with van der Waals surface area (Å²) in [6.07, 6.45) is 8.26. The number of aliphatic imine (C=N–C) groups is 1. The van der Waals surface area contributed by atoms with E-state index >= 15 is 0 Å². The SMILES string of the molecule is CCc1ccc(N=C2C=CC(=N)C=C2)cc1. The standard InChI is InChI=1S/C14H14N2/c1-2-11-3-7-13(8-4-11)16-14-9-5-12(15)6-10-14/h3-10,15H,2H2,1H3. The molecule has 2 rings (SSSR count). The minimum absolute atomic E-state index is 0.514. The van der Waals surface area contributed by atoms with E-state index in [0.29, 0.717) is 5.71 Å². The number of rotatable bonds is 2. The van der Waals surface area contributed by atoms with E-state index in [-0.39, 0.29) is 0 Å². The molecule has 0 amide bonds. The van der Waals surface area contributed by atoms with Crippen LogP contribution < -0.4 is 0 Å². The quantitative estimate of drug-likeness (QED) is 0.726. The van der Waals surface area contributed by atoms with E-state index in [2.05, 4.69) is 24.0 Å². The van der Waals surface area contributed by atoms with Crippen LogP contribution in [0.15, 0.2) is 53.6 Å². The van der Waals surface area contributed by atoms with Gasteiger partial charge in [0.05, 0.1) is 17.1 Å². The molecule has 1 aliphatic carbocycles. The van der Waals surface area contributed by atoms with Crippen LogP contribution in [0.2, 0.25) is 0 Å². The molecule has 0 atom stereocenters. The van der Waals surface area contributed by atoms with Crippen molar-refractivity contribution < 1.29 is 0 Å². The lowest BCUT2D eigenvalue weighted by Gasteiger charge is -2.01. The largest absolute Gasteiger partial charge is 0.301 e. The smallest absolute Gasteiger partial charge is 0.0638 e. The van der Waals surface area contributed by atoms with Gasteiger partial charge in [0, 0.05) is 0 Å². The molecule has 0 saturated heterocycles. The first-order valence-corrected chi connectivity index (χ1v) is 5.40. The Kier molecular flexibility index (Phi) is 3.10. The fourth-order valence-corrected chi connectivity index (χ4v) is 1.49. The first kappa shape index (κ1) is 10.6. The lowest BCUT2D eigenvalue weighted by atomic mass is 10.1. The van der Waals surface area contributed by atoms with Crippen molar-refractivity contribution >= 4 is 17.1 Å². The fraction of sp³-hybridized carbons (Fsp3) is 0.143. The number of allylic oxidation sites excluding steroid dienone is 4. The summed E-state index contributed by atoms with van der Waals surface area (Å²) in [5, 5.41) is 7.38. The fourth-order valence-electron chi connectivity index (χ4n) is 1.49. The monoisotopic (exact) mass is 210 g/mol. The predicted molar refractivity (Wildman–Crippen MR) is 68.9 cm³/mol. The molecule has 0 aliphatic heterocycles. The summed E-state index contributed by atoms with van der Waals surface area (Å²) in [7, 11) is 0. The zero-order chi connectivity index (χ0) is 11.4. The van der Waals surface area contributed by atoms with Crippen LogP contribution in [0.25, 0.3) is 0 Å². The summed E-state index contributed by atoms with van der Waals surface area (Å²) in [4.78, 5) is 4.47. The van der Waals surface area contributed by atoms with Gasteiger partial charge in [0.15, 0.2) is 0 Å². The van der Waals surface area contributed by atoms with Crippen LogP contribution in [0.5, 0.6) is 0 Å². The molecule has 0 radical (unpaired) electrons. The van der Waals surface area contributed by atoms with E-state index in [0.717, 1.165) is 17.8 Å². The second-order valence-electron chi connectivity index (χ2n) is 3.68. The highest BCUT2D eigenvalue weighted by Gasteiger charge is 1.97. The first-order chi connectivity index (χ1) is 7.78. The number of nitrogens with one attached hydrogen (secondary N) is 1. The Bertz CT molecular complexity index is 458. The van der Waals surface area contributed by atoms with Crippen LogP contribution in [0.1, 0.15) is 12.5 Å². The molecule has 1 aromatic rings. The van der Waals surface area contributed by atoms with Crippen LogP contribution >= 0.6 is 0 Å². The molecule has 1 aliphatic rings. The highest BCUT2D eigenvalue weighted by molar-refractivity contribution is 6.17. The molecule has 1 N–H and O–H groups in total. The third-order valence-electron chi connectivity index (χ3n) is 2.47. The zero-order valence-electron chi connectivity index (χ0n) is 9.27. The van der Waals surface area contributed by atoms with Gasteiger partial charge in [0.2, 0.25) is 0 Å². The average Bonchev–Trinajstić information content (AvgIpc) is 2.33. The second-order valence-corrected chi connectivity index (χ2v) is 3.68. The van der Waals surface area contributed by atoms with Crippen LogP contribution in [0.4, 0.5) is 5.69 Å². The van der Waals surface area contributed by atoms with Crippen LogP contribution in [0.3, 0.4) is 0 Å². The molecule has 0 unspecified atom stereocenters. The van der Waals surface area contributed by atoms with E-state index in [9.17, 15) is 0 Å². The van der Waals surface area contributed by atoms with Crippen molar-refractivity contribution in [2.75, 3.05) is 0 Å². The Labute approximate surface area is 95.5 Å². The lowest BCUT2D eigenvalue weighted by Crippen LogP contribution is -1.97. The summed E-state index contributed by atoms with van der Waals surface area (Å²) >= 11 is 0. The molecule has 0 bridgehead atoms. The summed E-state index contributed by atoms with van der Waals surface area (Å²) in [6.45, 7) is 2.14. The Balaban J connectivity index is 2.20. The van der Waals surface area contributed by atoms with Gasteiger partial charge in [0.1, 0.15) is 0 Å². The molecular formula is C14H14N2.